The van der Waals surface area contributed by atoms with E-state index in [2.05, 4.69) is 4.98 Å². The van der Waals surface area contributed by atoms with Gasteiger partial charge in [-0.2, -0.15) is 0 Å². The van der Waals surface area contributed by atoms with Crippen LogP contribution >= 0.6 is 0 Å². The van der Waals surface area contributed by atoms with E-state index in [0.717, 1.165) is 16.0 Å². The smallest absolute Gasteiger partial charge is 0.344 e. The molecule has 0 N–H and O–H groups in total. The van der Waals surface area contributed by atoms with Gasteiger partial charge in [-0.05, 0) is 61.7 Å². The molecule has 2 heterocycles. The van der Waals surface area contributed by atoms with Gasteiger partial charge in [-0.15, -0.1) is 0 Å². The molecule has 0 saturated carbocycles. The average Bonchev–Trinajstić information content (AvgIpc) is 3.28. The number of ether oxygens (including phenoxy) is 3. The Morgan fingerprint density at radius 2 is 1.39 bits per heavy atom. The largest absolute Gasteiger partial charge is 0.480 e. The molecule has 0 unspecified atom stereocenters. The number of imide groups is 1. The van der Waals surface area contributed by atoms with Crippen LogP contribution in [0.5, 0.6) is 11.5 Å². The van der Waals surface area contributed by atoms with Gasteiger partial charge < -0.3 is 14.2 Å². The second-order valence-electron chi connectivity index (χ2n) is 11.8. The summed E-state index contributed by atoms with van der Waals surface area (Å²) in [6.45, 7) is 4.57. The van der Waals surface area contributed by atoms with Crippen molar-refractivity contribution in [3.8, 4) is 11.5 Å². The minimum atomic E-state index is -0.759. The van der Waals surface area contributed by atoms with Gasteiger partial charge in [-0.25, -0.2) is 9.18 Å². The van der Waals surface area contributed by atoms with Crippen molar-refractivity contribution in [2.75, 3.05) is 6.61 Å². The maximum Gasteiger partial charge on any atom is 0.344 e. The SMILES string of the molecule is CC(C)(C)OC(=O)COc1c2c(c(OC(c3ccccc3)c3ccccc3)c3ncccc13)C(=O)N(Cc1ccc(F)cc1)C2=O. The summed E-state index contributed by atoms with van der Waals surface area (Å²) in [6.07, 6.45) is 0.885. The Morgan fingerprint density at radius 3 is 1.98 bits per heavy atom. The number of nitrogens with zero attached hydrogens (tertiary/aromatic N) is 2. The van der Waals surface area contributed by atoms with Crippen LogP contribution in [0, 0.1) is 5.82 Å². The van der Waals surface area contributed by atoms with Gasteiger partial charge in [0.2, 0.25) is 0 Å². The summed E-state index contributed by atoms with van der Waals surface area (Å²) >= 11 is 0. The Balaban J connectivity index is 1.52. The van der Waals surface area contributed by atoms with Crippen molar-refractivity contribution in [1.82, 2.24) is 9.88 Å². The van der Waals surface area contributed by atoms with E-state index in [1.807, 2.05) is 60.7 Å². The van der Waals surface area contributed by atoms with Crippen molar-refractivity contribution < 1.29 is 33.0 Å². The number of halogens is 1. The first kappa shape index (κ1) is 30.5. The first-order valence-corrected chi connectivity index (χ1v) is 14.8. The number of amides is 2. The van der Waals surface area contributed by atoms with Crippen LogP contribution in [0.15, 0.2) is 103 Å². The van der Waals surface area contributed by atoms with Gasteiger partial charge in [-0.3, -0.25) is 19.5 Å². The molecular weight excluding hydrogens is 587 g/mol. The number of fused-ring (bicyclic) bond motifs is 2. The highest BCUT2D eigenvalue weighted by Crippen LogP contribution is 2.46. The molecule has 0 radical (unpaired) electrons. The van der Waals surface area contributed by atoms with Crippen LogP contribution in [0.25, 0.3) is 10.9 Å². The number of pyridine rings is 1. The molecule has 5 aromatic rings. The Bertz CT molecular complexity index is 1880. The molecular formula is C37H31FN2O6. The molecule has 46 heavy (non-hydrogen) atoms. The number of carbonyl (C=O) groups excluding carboxylic acids is 3. The lowest BCUT2D eigenvalue weighted by Crippen LogP contribution is -2.29. The van der Waals surface area contributed by atoms with Crippen LogP contribution in [-0.4, -0.2) is 39.9 Å². The summed E-state index contributed by atoms with van der Waals surface area (Å²) < 4.78 is 31.9. The maximum absolute atomic E-state index is 14.3. The Morgan fingerprint density at radius 1 is 0.804 bits per heavy atom. The number of hydrogen-bond acceptors (Lipinski definition) is 7. The molecule has 1 aromatic heterocycles. The van der Waals surface area contributed by atoms with E-state index in [4.69, 9.17) is 14.2 Å². The van der Waals surface area contributed by atoms with Crippen LogP contribution in [-0.2, 0) is 16.1 Å². The van der Waals surface area contributed by atoms with Crippen molar-refractivity contribution in [3.05, 3.63) is 137 Å². The summed E-state index contributed by atoms with van der Waals surface area (Å²) in [6, 6.07) is 27.9. The van der Waals surface area contributed by atoms with Crippen LogP contribution in [0.2, 0.25) is 0 Å². The Kier molecular flexibility index (Phi) is 8.23. The molecule has 0 bridgehead atoms. The minimum absolute atomic E-state index is 0.0206. The third-order valence-corrected chi connectivity index (χ3v) is 7.34. The van der Waals surface area contributed by atoms with Gasteiger partial charge >= 0.3 is 5.97 Å². The second kappa shape index (κ2) is 12.4. The second-order valence-corrected chi connectivity index (χ2v) is 11.8. The fraction of sp³-hybridized carbons (Fsp3) is 0.189. The molecule has 2 amide bonds. The van der Waals surface area contributed by atoms with Crippen LogP contribution < -0.4 is 9.47 Å². The molecule has 0 fully saturated rings. The molecule has 0 saturated heterocycles. The highest BCUT2D eigenvalue weighted by molar-refractivity contribution is 6.27. The van der Waals surface area contributed by atoms with E-state index in [-0.39, 0.29) is 34.7 Å². The lowest BCUT2D eigenvalue weighted by molar-refractivity contribution is -0.157. The van der Waals surface area contributed by atoms with Crippen LogP contribution in [0.4, 0.5) is 4.39 Å². The van der Waals surface area contributed by atoms with Crippen molar-refractivity contribution in [3.63, 3.8) is 0 Å². The Hall–Kier alpha value is -5.57. The van der Waals surface area contributed by atoms with E-state index in [0.29, 0.717) is 10.9 Å². The first-order valence-electron chi connectivity index (χ1n) is 14.8. The summed E-state index contributed by atoms with van der Waals surface area (Å²) in [5.74, 6) is -2.24. The zero-order chi connectivity index (χ0) is 32.4. The van der Waals surface area contributed by atoms with E-state index in [1.54, 1.807) is 39.1 Å². The van der Waals surface area contributed by atoms with Gasteiger partial charge in [0, 0.05) is 11.6 Å². The molecule has 0 atom stereocenters. The maximum atomic E-state index is 14.3. The van der Waals surface area contributed by atoms with E-state index in [9.17, 15) is 18.8 Å². The highest BCUT2D eigenvalue weighted by atomic mass is 19.1. The fourth-order valence-corrected chi connectivity index (χ4v) is 5.40. The molecule has 0 spiro atoms. The molecule has 9 heteroatoms. The molecule has 6 rings (SSSR count). The normalized spacial score (nSPS) is 12.8. The van der Waals surface area contributed by atoms with Gasteiger partial charge in [0.25, 0.3) is 11.8 Å². The molecule has 4 aromatic carbocycles. The van der Waals surface area contributed by atoms with Crippen LogP contribution in [0.1, 0.15) is 64.3 Å². The fourth-order valence-electron chi connectivity index (χ4n) is 5.40. The molecule has 232 valence electrons. The standard InChI is InChI=1S/C37H31FN2O6/c1-37(2,3)46-28(41)22-44-33-27-15-10-20-39-31(27)34(45-32(24-11-6-4-7-12-24)25-13-8-5-9-14-25)30-29(33)35(42)40(36(30)43)21-23-16-18-26(38)19-17-23/h4-20,32H,21-22H2,1-3H3. The summed E-state index contributed by atoms with van der Waals surface area (Å²) in [7, 11) is 0. The topological polar surface area (TPSA) is 95.0 Å². The van der Waals surface area contributed by atoms with E-state index < -0.39 is 41.9 Å². The van der Waals surface area contributed by atoms with Crippen LogP contribution in [0.3, 0.4) is 0 Å². The number of carbonyl (C=O) groups is 3. The average molecular weight is 619 g/mol. The number of rotatable bonds is 9. The summed E-state index contributed by atoms with van der Waals surface area (Å²) in [5, 5.41) is 0.379. The quantitative estimate of drug-likeness (QED) is 0.129. The zero-order valence-corrected chi connectivity index (χ0v) is 25.5. The number of hydrogen-bond donors (Lipinski definition) is 0. The van der Waals surface area contributed by atoms with E-state index >= 15 is 0 Å². The third-order valence-electron chi connectivity index (χ3n) is 7.34. The molecule has 1 aliphatic heterocycles. The Labute approximate surface area is 265 Å². The number of esters is 1. The third kappa shape index (κ3) is 6.17. The number of aromatic nitrogens is 1. The predicted octanol–water partition coefficient (Wildman–Crippen LogP) is 7.06. The van der Waals surface area contributed by atoms with Gasteiger partial charge in [0.1, 0.15) is 34.4 Å². The van der Waals surface area contributed by atoms with Crippen molar-refractivity contribution in [1.29, 1.82) is 0 Å². The summed E-state index contributed by atoms with van der Waals surface area (Å²) in [4.78, 5) is 46.7. The van der Waals surface area contributed by atoms with Gasteiger partial charge in [0.05, 0.1) is 12.1 Å². The van der Waals surface area contributed by atoms with Gasteiger partial charge in [-0.1, -0.05) is 72.8 Å². The molecule has 0 aliphatic carbocycles. The minimum Gasteiger partial charge on any atom is -0.480 e. The predicted molar refractivity (Wildman–Crippen MR) is 169 cm³/mol. The molecule has 1 aliphatic rings. The zero-order valence-electron chi connectivity index (χ0n) is 25.5. The van der Waals surface area contributed by atoms with Crippen molar-refractivity contribution >= 4 is 28.7 Å². The van der Waals surface area contributed by atoms with Crippen molar-refractivity contribution in [2.45, 2.75) is 39.0 Å². The van der Waals surface area contributed by atoms with Crippen molar-refractivity contribution in [2.24, 2.45) is 0 Å². The lowest BCUT2D eigenvalue weighted by atomic mass is 9.99. The van der Waals surface area contributed by atoms with E-state index in [1.165, 1.54) is 24.3 Å². The highest BCUT2D eigenvalue weighted by Gasteiger charge is 2.44. The molecule has 8 nitrogen and oxygen atoms in total. The lowest BCUT2D eigenvalue weighted by Gasteiger charge is -2.23. The number of benzene rings is 4. The van der Waals surface area contributed by atoms with Gasteiger partial charge in [0.15, 0.2) is 12.4 Å². The monoisotopic (exact) mass is 618 g/mol. The summed E-state index contributed by atoms with van der Waals surface area (Å²) in [5.41, 5.74) is 1.62. The first-order chi connectivity index (χ1) is 22.1.